The van der Waals surface area contributed by atoms with E-state index in [1.165, 1.54) is 0 Å². The largest absolute Gasteiger partial charge is 0.265 e. The van der Waals surface area contributed by atoms with E-state index in [-0.39, 0.29) is 0 Å². The average molecular weight is 172 g/mol. The van der Waals surface area contributed by atoms with E-state index >= 15 is 0 Å². The summed E-state index contributed by atoms with van der Waals surface area (Å²) < 4.78 is 1.97. The highest BCUT2D eigenvalue weighted by Gasteiger charge is 2.07. The zero-order valence-corrected chi connectivity index (χ0v) is 7.43. The average Bonchev–Trinajstić information content (AvgIpc) is 2.67. The molecule has 1 atom stereocenters. The summed E-state index contributed by atoms with van der Waals surface area (Å²) in [5.41, 5.74) is 1.07. The molecule has 0 fully saturated rings. The maximum atomic E-state index is 4.27. The molecular formula is C11H12N2. The number of rotatable bonds is 2. The molecule has 2 heteroatoms. The minimum Gasteiger partial charge on any atom is -0.265 e. The topological polar surface area (TPSA) is 17.8 Å². The maximum absolute atomic E-state index is 4.27. The van der Waals surface area contributed by atoms with Crippen molar-refractivity contribution in [3.8, 4) is 0 Å². The minimum absolute atomic E-state index is 0.374. The molecule has 0 saturated heterocycles. The van der Waals surface area contributed by atoms with Gasteiger partial charge in [0, 0.05) is 11.8 Å². The van der Waals surface area contributed by atoms with E-state index in [0.717, 1.165) is 12.0 Å². The van der Waals surface area contributed by atoms with Crippen molar-refractivity contribution in [1.29, 1.82) is 0 Å². The number of aromatic nitrogens is 2. The molecule has 0 radical (unpaired) electrons. The fraction of sp³-hybridized carbons (Fsp3) is 0.182. The van der Waals surface area contributed by atoms with E-state index in [1.807, 2.05) is 23.2 Å². The Hall–Kier alpha value is -1.57. The van der Waals surface area contributed by atoms with Gasteiger partial charge < -0.3 is 0 Å². The molecule has 1 aliphatic carbocycles. The third kappa shape index (κ3) is 1.61. The van der Waals surface area contributed by atoms with Crippen molar-refractivity contribution in [2.75, 3.05) is 0 Å². The number of hydrogen-bond acceptors (Lipinski definition) is 1. The van der Waals surface area contributed by atoms with Crippen molar-refractivity contribution >= 4 is 6.08 Å². The Morgan fingerprint density at radius 2 is 2.46 bits per heavy atom. The van der Waals surface area contributed by atoms with Crippen LogP contribution in [0.25, 0.3) is 6.08 Å². The van der Waals surface area contributed by atoms with Gasteiger partial charge in [0.1, 0.15) is 0 Å². The molecule has 0 spiro atoms. The van der Waals surface area contributed by atoms with E-state index in [9.17, 15) is 0 Å². The molecule has 2 nitrogen and oxygen atoms in total. The van der Waals surface area contributed by atoms with E-state index in [2.05, 4.69) is 36.0 Å². The molecule has 1 aromatic heterocycles. The molecule has 0 amide bonds. The molecular weight excluding hydrogens is 160 g/mol. The fourth-order valence-corrected chi connectivity index (χ4v) is 1.40. The van der Waals surface area contributed by atoms with Gasteiger partial charge in [0.2, 0.25) is 0 Å². The lowest BCUT2D eigenvalue weighted by Crippen LogP contribution is -2.07. The van der Waals surface area contributed by atoms with Gasteiger partial charge >= 0.3 is 0 Å². The molecule has 1 aliphatic rings. The highest BCUT2D eigenvalue weighted by Crippen LogP contribution is 2.17. The quantitative estimate of drug-likeness (QED) is 0.670. The van der Waals surface area contributed by atoms with Crippen LogP contribution in [0, 0.1) is 0 Å². The van der Waals surface area contributed by atoms with Crippen molar-refractivity contribution < 1.29 is 0 Å². The summed E-state index contributed by atoms with van der Waals surface area (Å²) in [4.78, 5) is 0. The smallest absolute Gasteiger partial charge is 0.0737 e. The first-order valence-corrected chi connectivity index (χ1v) is 4.40. The van der Waals surface area contributed by atoms with Crippen molar-refractivity contribution in [2.24, 2.45) is 0 Å². The molecule has 0 bridgehead atoms. The van der Waals surface area contributed by atoms with Crippen LogP contribution >= 0.6 is 0 Å². The summed E-state index contributed by atoms with van der Waals surface area (Å²) in [5.74, 6) is 0. The minimum atomic E-state index is 0.374. The summed E-state index contributed by atoms with van der Waals surface area (Å²) in [6, 6.07) is 0.374. The predicted octanol–water partition coefficient (Wildman–Crippen LogP) is 2.58. The van der Waals surface area contributed by atoms with Gasteiger partial charge in [0.15, 0.2) is 0 Å². The van der Waals surface area contributed by atoms with Gasteiger partial charge in [-0.1, -0.05) is 37.0 Å². The second-order valence-corrected chi connectivity index (χ2v) is 3.07. The van der Waals surface area contributed by atoms with Crippen molar-refractivity contribution in [2.45, 2.75) is 12.5 Å². The number of allylic oxidation sites excluding steroid dienone is 4. The van der Waals surface area contributed by atoms with E-state index in [4.69, 9.17) is 0 Å². The summed E-state index contributed by atoms with van der Waals surface area (Å²) in [7, 11) is 0. The van der Waals surface area contributed by atoms with Crippen molar-refractivity contribution in [1.82, 2.24) is 9.78 Å². The van der Waals surface area contributed by atoms with Gasteiger partial charge in [-0.05, 0) is 6.42 Å². The van der Waals surface area contributed by atoms with Crippen LogP contribution in [0.1, 0.15) is 18.0 Å². The van der Waals surface area contributed by atoms with E-state index in [0.29, 0.717) is 6.04 Å². The Morgan fingerprint density at radius 1 is 1.54 bits per heavy atom. The first kappa shape index (κ1) is 8.05. The predicted molar refractivity (Wildman–Crippen MR) is 54.3 cm³/mol. The second-order valence-electron chi connectivity index (χ2n) is 3.07. The molecule has 66 valence electrons. The highest BCUT2D eigenvalue weighted by molar-refractivity contribution is 5.43. The molecule has 1 heterocycles. The number of nitrogens with zero attached hydrogens (tertiary/aromatic N) is 2. The summed E-state index contributed by atoms with van der Waals surface area (Å²) in [6.07, 6.45) is 15.1. The van der Waals surface area contributed by atoms with Crippen LogP contribution in [0.3, 0.4) is 0 Å². The first-order chi connectivity index (χ1) is 6.40. The fourth-order valence-electron chi connectivity index (χ4n) is 1.40. The van der Waals surface area contributed by atoms with Crippen LogP contribution in [-0.2, 0) is 0 Å². The Kier molecular flexibility index (Phi) is 2.13. The molecule has 0 aliphatic heterocycles. The monoisotopic (exact) mass is 172 g/mol. The zero-order chi connectivity index (χ0) is 9.10. The number of hydrogen-bond donors (Lipinski definition) is 0. The van der Waals surface area contributed by atoms with Gasteiger partial charge in [-0.15, -0.1) is 0 Å². The van der Waals surface area contributed by atoms with Crippen LogP contribution < -0.4 is 0 Å². The van der Waals surface area contributed by atoms with Crippen LogP contribution in [0.4, 0.5) is 0 Å². The molecule has 1 unspecified atom stereocenters. The Morgan fingerprint density at radius 3 is 3.08 bits per heavy atom. The summed E-state index contributed by atoms with van der Waals surface area (Å²) >= 11 is 0. The van der Waals surface area contributed by atoms with Gasteiger partial charge in [-0.2, -0.15) is 5.10 Å². The third-order valence-corrected chi connectivity index (χ3v) is 2.16. The van der Waals surface area contributed by atoms with Crippen LogP contribution in [0.15, 0.2) is 43.3 Å². The van der Waals surface area contributed by atoms with Crippen molar-refractivity contribution in [3.05, 3.63) is 48.8 Å². The van der Waals surface area contributed by atoms with E-state index in [1.54, 1.807) is 0 Å². The van der Waals surface area contributed by atoms with Crippen LogP contribution in [0.2, 0.25) is 0 Å². The van der Waals surface area contributed by atoms with Gasteiger partial charge in [0.25, 0.3) is 0 Å². The Bertz CT molecular complexity index is 358. The Labute approximate surface area is 77.9 Å². The van der Waals surface area contributed by atoms with Gasteiger partial charge in [-0.25, -0.2) is 0 Å². The molecule has 0 N–H and O–H groups in total. The molecule has 13 heavy (non-hydrogen) atoms. The van der Waals surface area contributed by atoms with Crippen LogP contribution in [0.5, 0.6) is 0 Å². The maximum Gasteiger partial charge on any atom is 0.0737 e. The lowest BCUT2D eigenvalue weighted by Gasteiger charge is -2.12. The SMILES string of the molecule is C=Cc1cnn(C2C=CC=CC2)c1. The molecule has 2 rings (SSSR count). The highest BCUT2D eigenvalue weighted by atomic mass is 15.3. The first-order valence-electron chi connectivity index (χ1n) is 4.40. The molecule has 1 aromatic rings. The zero-order valence-electron chi connectivity index (χ0n) is 7.43. The second kappa shape index (κ2) is 3.44. The van der Waals surface area contributed by atoms with Gasteiger partial charge in [0.05, 0.1) is 12.2 Å². The lowest BCUT2D eigenvalue weighted by molar-refractivity contribution is 0.541. The molecule has 0 saturated carbocycles. The third-order valence-electron chi connectivity index (χ3n) is 2.16. The molecule has 0 aromatic carbocycles. The summed E-state index contributed by atoms with van der Waals surface area (Å²) in [5, 5.41) is 4.27. The van der Waals surface area contributed by atoms with Crippen molar-refractivity contribution in [3.63, 3.8) is 0 Å². The normalized spacial score (nSPS) is 20.5. The Balaban J connectivity index is 2.20. The lowest BCUT2D eigenvalue weighted by atomic mass is 10.1. The van der Waals surface area contributed by atoms with Crippen LogP contribution in [-0.4, -0.2) is 9.78 Å². The summed E-state index contributed by atoms with van der Waals surface area (Å²) in [6.45, 7) is 3.70. The standard InChI is InChI=1S/C11H12N2/c1-2-10-8-12-13(9-10)11-6-4-3-5-7-11/h2-6,8-9,11H,1,7H2. The van der Waals surface area contributed by atoms with E-state index < -0.39 is 0 Å². The van der Waals surface area contributed by atoms with Gasteiger partial charge in [-0.3, -0.25) is 4.68 Å².